The van der Waals surface area contributed by atoms with E-state index in [9.17, 15) is 8.42 Å². The highest BCUT2D eigenvalue weighted by Gasteiger charge is 2.31. The smallest absolute Gasteiger partial charge is 0.254 e. The molecule has 0 unspecified atom stereocenters. The van der Waals surface area contributed by atoms with Gasteiger partial charge in [-0.3, -0.25) is 0 Å². The van der Waals surface area contributed by atoms with Gasteiger partial charge in [0.1, 0.15) is 12.1 Å². The largest absolute Gasteiger partial charge is 0.354 e. The molecule has 3 heterocycles. The van der Waals surface area contributed by atoms with Gasteiger partial charge in [-0.15, -0.1) is 0 Å². The van der Waals surface area contributed by atoms with E-state index in [1.54, 1.807) is 8.82 Å². The van der Waals surface area contributed by atoms with Gasteiger partial charge in [-0.1, -0.05) is 17.7 Å². The summed E-state index contributed by atoms with van der Waals surface area (Å²) in [5.41, 5.74) is 3.53. The number of aromatic nitrogens is 4. The zero-order valence-electron chi connectivity index (χ0n) is 16.5. The SMILES string of the molecule is Cc1cc(C)c(S(=O)(=O)N2CCN(c3cc(C)nc4ncnn34)CC2)c(C)c1. The summed E-state index contributed by atoms with van der Waals surface area (Å²) < 4.78 is 29.8. The molecule has 1 aromatic carbocycles. The quantitative estimate of drug-likeness (QED) is 0.667. The number of hydrogen-bond acceptors (Lipinski definition) is 6. The molecule has 148 valence electrons. The fourth-order valence-corrected chi connectivity index (χ4v) is 5.83. The molecule has 0 aliphatic carbocycles. The van der Waals surface area contributed by atoms with Crippen molar-refractivity contribution in [2.45, 2.75) is 32.6 Å². The van der Waals surface area contributed by atoms with Crippen molar-refractivity contribution in [2.75, 3.05) is 31.1 Å². The van der Waals surface area contributed by atoms with Crippen LogP contribution in [0.2, 0.25) is 0 Å². The molecule has 1 fully saturated rings. The maximum absolute atomic E-state index is 13.3. The molecule has 0 N–H and O–H groups in total. The Kier molecular flexibility index (Phi) is 4.59. The van der Waals surface area contributed by atoms with Gasteiger partial charge in [-0.2, -0.15) is 18.9 Å². The molecule has 1 aliphatic heterocycles. The topological polar surface area (TPSA) is 83.7 Å². The van der Waals surface area contributed by atoms with Crippen LogP contribution in [-0.4, -0.2) is 58.5 Å². The van der Waals surface area contributed by atoms with E-state index in [0.717, 1.165) is 28.2 Å². The Morgan fingerprint density at radius 3 is 2.21 bits per heavy atom. The van der Waals surface area contributed by atoms with Crippen molar-refractivity contribution >= 4 is 21.6 Å². The minimum atomic E-state index is -3.53. The number of benzene rings is 1. The predicted molar refractivity (Wildman–Crippen MR) is 107 cm³/mol. The van der Waals surface area contributed by atoms with Crippen molar-refractivity contribution in [2.24, 2.45) is 0 Å². The summed E-state index contributed by atoms with van der Waals surface area (Å²) in [7, 11) is -3.53. The molecule has 9 heteroatoms. The highest BCUT2D eigenvalue weighted by molar-refractivity contribution is 7.89. The van der Waals surface area contributed by atoms with E-state index in [-0.39, 0.29) is 0 Å². The van der Waals surface area contributed by atoms with Crippen molar-refractivity contribution in [1.29, 1.82) is 0 Å². The fourth-order valence-electron chi connectivity index (χ4n) is 4.00. The van der Waals surface area contributed by atoms with Crippen molar-refractivity contribution in [1.82, 2.24) is 23.9 Å². The maximum atomic E-state index is 13.3. The first-order chi connectivity index (χ1) is 13.3. The van der Waals surface area contributed by atoms with E-state index in [0.29, 0.717) is 36.9 Å². The number of piperazine rings is 1. The Bertz CT molecular complexity index is 1120. The second kappa shape index (κ2) is 6.82. The van der Waals surface area contributed by atoms with Crippen LogP contribution in [0.15, 0.2) is 29.4 Å². The molecule has 0 amide bonds. The van der Waals surface area contributed by atoms with E-state index in [2.05, 4.69) is 20.0 Å². The molecule has 2 aromatic heterocycles. The molecule has 8 nitrogen and oxygen atoms in total. The summed E-state index contributed by atoms with van der Waals surface area (Å²) in [5, 5.41) is 4.25. The minimum absolute atomic E-state index is 0.423. The summed E-state index contributed by atoms with van der Waals surface area (Å²) in [6, 6.07) is 5.81. The molecule has 28 heavy (non-hydrogen) atoms. The van der Waals surface area contributed by atoms with Crippen LogP contribution in [0.4, 0.5) is 5.82 Å². The van der Waals surface area contributed by atoms with Gasteiger partial charge in [0.2, 0.25) is 10.0 Å². The average Bonchev–Trinajstić information content (AvgIpc) is 3.08. The zero-order chi connectivity index (χ0) is 20.1. The molecular weight excluding hydrogens is 376 g/mol. The number of nitrogens with zero attached hydrogens (tertiary/aromatic N) is 6. The molecule has 0 spiro atoms. The van der Waals surface area contributed by atoms with Gasteiger partial charge in [0.15, 0.2) is 0 Å². The van der Waals surface area contributed by atoms with E-state index < -0.39 is 10.0 Å². The van der Waals surface area contributed by atoms with E-state index >= 15 is 0 Å². The van der Waals surface area contributed by atoms with Gasteiger partial charge in [-0.25, -0.2) is 13.4 Å². The van der Waals surface area contributed by atoms with Crippen molar-refractivity contribution < 1.29 is 8.42 Å². The lowest BCUT2D eigenvalue weighted by atomic mass is 10.1. The van der Waals surface area contributed by atoms with Crippen LogP contribution in [-0.2, 0) is 10.0 Å². The van der Waals surface area contributed by atoms with Crippen LogP contribution in [0.1, 0.15) is 22.4 Å². The Morgan fingerprint density at radius 2 is 1.57 bits per heavy atom. The first-order valence-electron chi connectivity index (χ1n) is 9.28. The van der Waals surface area contributed by atoms with Crippen molar-refractivity contribution in [3.8, 4) is 0 Å². The Balaban J connectivity index is 1.60. The van der Waals surface area contributed by atoms with Gasteiger partial charge in [-0.05, 0) is 38.8 Å². The first-order valence-corrected chi connectivity index (χ1v) is 10.7. The van der Waals surface area contributed by atoms with E-state index in [1.165, 1.54) is 6.33 Å². The molecule has 0 radical (unpaired) electrons. The molecule has 3 aromatic rings. The summed E-state index contributed by atoms with van der Waals surface area (Å²) in [6.45, 7) is 9.65. The van der Waals surface area contributed by atoms with E-state index in [4.69, 9.17) is 0 Å². The third kappa shape index (κ3) is 3.14. The number of rotatable bonds is 3. The zero-order valence-corrected chi connectivity index (χ0v) is 17.4. The third-order valence-electron chi connectivity index (χ3n) is 5.13. The number of anilines is 1. The monoisotopic (exact) mass is 400 g/mol. The normalized spacial score (nSPS) is 16.1. The first kappa shape index (κ1) is 18.8. The molecule has 1 aliphatic rings. The van der Waals surface area contributed by atoms with Gasteiger partial charge in [0, 0.05) is 37.9 Å². The van der Waals surface area contributed by atoms with Crippen LogP contribution in [0.25, 0.3) is 5.78 Å². The van der Waals surface area contributed by atoms with Gasteiger partial charge in [0.05, 0.1) is 4.90 Å². The Labute approximate surface area is 164 Å². The highest BCUT2D eigenvalue weighted by Crippen LogP contribution is 2.27. The van der Waals surface area contributed by atoms with Crippen LogP contribution in [0, 0.1) is 27.7 Å². The molecule has 1 saturated heterocycles. The molecule has 4 rings (SSSR count). The molecular formula is C19H24N6O2S. The van der Waals surface area contributed by atoms with Crippen LogP contribution >= 0.6 is 0 Å². The molecule has 0 atom stereocenters. The van der Waals surface area contributed by atoms with Crippen molar-refractivity contribution in [3.05, 3.63) is 46.9 Å². The number of fused-ring (bicyclic) bond motifs is 1. The fraction of sp³-hybridized carbons (Fsp3) is 0.421. The average molecular weight is 401 g/mol. The van der Waals surface area contributed by atoms with Gasteiger partial charge in [0.25, 0.3) is 5.78 Å². The van der Waals surface area contributed by atoms with Gasteiger partial charge < -0.3 is 4.90 Å². The molecule has 0 saturated carbocycles. The lowest BCUT2D eigenvalue weighted by Crippen LogP contribution is -2.49. The lowest BCUT2D eigenvalue weighted by Gasteiger charge is -2.35. The minimum Gasteiger partial charge on any atom is -0.354 e. The predicted octanol–water partition coefficient (Wildman–Crippen LogP) is 1.87. The second-order valence-corrected chi connectivity index (χ2v) is 9.22. The summed E-state index contributed by atoms with van der Waals surface area (Å²) in [6.07, 6.45) is 1.48. The van der Waals surface area contributed by atoms with E-state index in [1.807, 2.05) is 45.9 Å². The number of aryl methyl sites for hydroxylation is 4. The number of sulfonamides is 1. The van der Waals surface area contributed by atoms with Crippen molar-refractivity contribution in [3.63, 3.8) is 0 Å². The highest BCUT2D eigenvalue weighted by atomic mass is 32.2. The second-order valence-electron chi connectivity index (χ2n) is 7.35. The van der Waals surface area contributed by atoms with Crippen LogP contribution in [0.3, 0.4) is 0 Å². The number of hydrogen-bond donors (Lipinski definition) is 0. The standard InChI is InChI=1S/C19H24N6O2S/c1-13-9-14(2)18(15(3)10-13)28(26,27)24-7-5-23(6-8-24)17-11-16(4)22-19-20-12-21-25(17)19/h9-12H,5-8H2,1-4H3. The third-order valence-corrected chi connectivity index (χ3v) is 7.33. The summed E-state index contributed by atoms with van der Waals surface area (Å²) in [4.78, 5) is 11.1. The van der Waals surface area contributed by atoms with Gasteiger partial charge >= 0.3 is 0 Å². The van der Waals surface area contributed by atoms with Crippen LogP contribution < -0.4 is 4.90 Å². The maximum Gasteiger partial charge on any atom is 0.254 e. The Hall–Kier alpha value is -2.52. The van der Waals surface area contributed by atoms with Crippen LogP contribution in [0.5, 0.6) is 0 Å². The Morgan fingerprint density at radius 1 is 0.929 bits per heavy atom. The summed E-state index contributed by atoms with van der Waals surface area (Å²) >= 11 is 0. The lowest BCUT2D eigenvalue weighted by molar-refractivity contribution is 0.382. The summed E-state index contributed by atoms with van der Waals surface area (Å²) in [5.74, 6) is 1.44. The molecule has 0 bridgehead atoms.